The second kappa shape index (κ2) is 5.03. The van der Waals surface area contributed by atoms with Gasteiger partial charge in [0.05, 0.1) is 18.1 Å². The highest BCUT2D eigenvalue weighted by molar-refractivity contribution is 5.86. The lowest BCUT2D eigenvalue weighted by atomic mass is 10.3. The van der Waals surface area contributed by atoms with E-state index in [1.165, 1.54) is 6.33 Å². The van der Waals surface area contributed by atoms with Crippen LogP contribution < -0.4 is 4.90 Å². The molecule has 1 N–H and O–H groups in total. The smallest absolute Gasteiger partial charge is 0.255 e. The van der Waals surface area contributed by atoms with Gasteiger partial charge in [0.2, 0.25) is 0 Å². The first-order chi connectivity index (χ1) is 8.22. The minimum Gasteiger partial charge on any atom is -0.350 e. The molecule has 5 nitrogen and oxygen atoms in total. The van der Waals surface area contributed by atoms with Crippen LogP contribution in [-0.2, 0) is 0 Å². The third kappa shape index (κ3) is 2.48. The highest BCUT2D eigenvalue weighted by Crippen LogP contribution is 2.21. The van der Waals surface area contributed by atoms with Crippen molar-refractivity contribution in [3.8, 4) is 0 Å². The summed E-state index contributed by atoms with van der Waals surface area (Å²) in [6, 6.07) is 0. The lowest BCUT2D eigenvalue weighted by molar-refractivity contribution is 0.154. The summed E-state index contributed by atoms with van der Waals surface area (Å²) in [5.41, 5.74) is 0.561. The van der Waals surface area contributed by atoms with Gasteiger partial charge in [-0.25, -0.2) is 18.7 Å². The number of aromatic amines is 1. The molecule has 0 radical (unpaired) electrons. The Morgan fingerprint density at radius 2 is 2.24 bits per heavy atom. The van der Waals surface area contributed by atoms with Gasteiger partial charge in [0.15, 0.2) is 5.65 Å². The Morgan fingerprint density at radius 3 is 2.94 bits per heavy atom. The topological polar surface area (TPSA) is 57.7 Å². The van der Waals surface area contributed by atoms with E-state index in [2.05, 4.69) is 20.2 Å². The third-order valence-corrected chi connectivity index (χ3v) is 2.38. The predicted molar refractivity (Wildman–Crippen MR) is 60.2 cm³/mol. The van der Waals surface area contributed by atoms with Crippen LogP contribution in [0.3, 0.4) is 0 Å². The van der Waals surface area contributed by atoms with Crippen LogP contribution in [0, 0.1) is 0 Å². The highest BCUT2D eigenvalue weighted by atomic mass is 19.3. The Kier molecular flexibility index (Phi) is 3.46. The van der Waals surface area contributed by atoms with E-state index in [9.17, 15) is 8.78 Å². The van der Waals surface area contributed by atoms with Crippen LogP contribution in [0.4, 0.5) is 14.6 Å². The monoisotopic (exact) mass is 241 g/mol. The number of aromatic nitrogens is 4. The summed E-state index contributed by atoms with van der Waals surface area (Å²) in [5.74, 6) is 0.505. The molecule has 0 spiro atoms. The first-order valence-electron chi connectivity index (χ1n) is 5.39. The average Bonchev–Trinajstić information content (AvgIpc) is 2.75. The molecule has 0 aliphatic rings. The van der Waals surface area contributed by atoms with Crippen LogP contribution in [0.25, 0.3) is 11.0 Å². The van der Waals surface area contributed by atoms with Crippen molar-refractivity contribution in [2.45, 2.75) is 19.8 Å². The fourth-order valence-electron chi connectivity index (χ4n) is 1.72. The van der Waals surface area contributed by atoms with E-state index in [1.54, 1.807) is 11.1 Å². The minimum absolute atomic E-state index is 0.328. The third-order valence-electron chi connectivity index (χ3n) is 2.38. The number of anilines is 1. The molecular weight excluding hydrogens is 228 g/mol. The molecule has 2 rings (SSSR count). The van der Waals surface area contributed by atoms with Gasteiger partial charge >= 0.3 is 0 Å². The maximum Gasteiger partial charge on any atom is 0.255 e. The van der Waals surface area contributed by atoms with E-state index in [4.69, 9.17) is 0 Å². The van der Waals surface area contributed by atoms with Gasteiger partial charge in [0.1, 0.15) is 12.1 Å². The molecule has 0 aliphatic heterocycles. The van der Waals surface area contributed by atoms with Crippen LogP contribution in [-0.4, -0.2) is 39.7 Å². The maximum absolute atomic E-state index is 12.5. The quantitative estimate of drug-likeness (QED) is 0.867. The maximum atomic E-state index is 12.5. The summed E-state index contributed by atoms with van der Waals surface area (Å²) in [7, 11) is 0. The lowest BCUT2D eigenvalue weighted by Crippen LogP contribution is -2.30. The molecule has 0 unspecified atom stereocenters. The van der Waals surface area contributed by atoms with Crippen molar-refractivity contribution in [1.29, 1.82) is 0 Å². The Balaban J connectivity index is 2.36. The number of fused-ring (bicyclic) bond motifs is 1. The zero-order valence-corrected chi connectivity index (χ0v) is 9.40. The molecule has 0 aliphatic carbocycles. The van der Waals surface area contributed by atoms with Crippen molar-refractivity contribution in [1.82, 2.24) is 20.2 Å². The van der Waals surface area contributed by atoms with E-state index in [-0.39, 0.29) is 6.54 Å². The van der Waals surface area contributed by atoms with Crippen LogP contribution in [0.1, 0.15) is 13.3 Å². The Bertz CT molecular complexity index is 484. The van der Waals surface area contributed by atoms with E-state index in [1.807, 2.05) is 6.92 Å². The predicted octanol–water partition coefficient (Wildman–Crippen LogP) is 1.83. The van der Waals surface area contributed by atoms with Gasteiger partial charge in [0, 0.05) is 6.54 Å². The fourth-order valence-corrected chi connectivity index (χ4v) is 1.72. The number of nitrogens with zero attached hydrogens (tertiary/aromatic N) is 4. The molecule has 0 bridgehead atoms. The van der Waals surface area contributed by atoms with Crippen molar-refractivity contribution in [2.75, 3.05) is 18.0 Å². The van der Waals surface area contributed by atoms with Crippen molar-refractivity contribution < 1.29 is 8.78 Å². The molecule has 0 saturated heterocycles. The van der Waals surface area contributed by atoms with Crippen LogP contribution >= 0.6 is 0 Å². The summed E-state index contributed by atoms with van der Waals surface area (Å²) in [5, 5.41) is 7.21. The zero-order valence-electron chi connectivity index (χ0n) is 9.40. The van der Waals surface area contributed by atoms with Gasteiger partial charge < -0.3 is 4.90 Å². The molecule has 0 aromatic carbocycles. The summed E-state index contributed by atoms with van der Waals surface area (Å²) >= 11 is 0. The van der Waals surface area contributed by atoms with Gasteiger partial charge in [-0.3, -0.25) is 5.10 Å². The molecule has 2 heterocycles. The molecule has 92 valence electrons. The summed E-state index contributed by atoms with van der Waals surface area (Å²) < 4.78 is 25.0. The van der Waals surface area contributed by atoms with E-state index >= 15 is 0 Å². The minimum atomic E-state index is -2.39. The van der Waals surface area contributed by atoms with Crippen molar-refractivity contribution in [3.05, 3.63) is 12.5 Å². The van der Waals surface area contributed by atoms with E-state index in [0.29, 0.717) is 23.4 Å². The second-order valence-electron chi connectivity index (χ2n) is 3.67. The number of alkyl halides is 2. The number of halogens is 2. The molecule has 17 heavy (non-hydrogen) atoms. The largest absolute Gasteiger partial charge is 0.350 e. The van der Waals surface area contributed by atoms with Crippen molar-refractivity contribution in [3.63, 3.8) is 0 Å². The summed E-state index contributed by atoms with van der Waals surface area (Å²) in [6.07, 6.45) is 1.29. The average molecular weight is 241 g/mol. The normalized spacial score (nSPS) is 11.3. The number of H-pyrrole nitrogens is 1. The summed E-state index contributed by atoms with van der Waals surface area (Å²) in [4.78, 5) is 9.61. The van der Waals surface area contributed by atoms with Gasteiger partial charge in [0.25, 0.3) is 6.43 Å². The first-order valence-corrected chi connectivity index (χ1v) is 5.39. The molecule has 2 aromatic rings. The second-order valence-corrected chi connectivity index (χ2v) is 3.67. The molecule has 7 heteroatoms. The first kappa shape index (κ1) is 11.7. The number of hydrogen-bond donors (Lipinski definition) is 1. The van der Waals surface area contributed by atoms with Gasteiger partial charge in [-0.1, -0.05) is 6.92 Å². The zero-order chi connectivity index (χ0) is 12.3. The molecular formula is C10H13F2N5. The van der Waals surface area contributed by atoms with Gasteiger partial charge in [-0.15, -0.1) is 0 Å². The number of hydrogen-bond acceptors (Lipinski definition) is 4. The molecule has 2 aromatic heterocycles. The standard InChI is InChI=1S/C10H13F2N5/c1-2-3-17(5-8(11)12)10-7-4-15-16-9(7)13-6-14-10/h4,6,8H,2-3,5H2,1H3,(H,13,14,15,16). The van der Waals surface area contributed by atoms with Crippen molar-refractivity contribution >= 4 is 16.9 Å². The van der Waals surface area contributed by atoms with Crippen LogP contribution in [0.5, 0.6) is 0 Å². The highest BCUT2D eigenvalue weighted by Gasteiger charge is 2.16. The Morgan fingerprint density at radius 1 is 1.41 bits per heavy atom. The Labute approximate surface area is 96.9 Å². The molecule has 0 fully saturated rings. The van der Waals surface area contributed by atoms with Gasteiger partial charge in [-0.2, -0.15) is 5.10 Å². The fraction of sp³-hybridized carbons (Fsp3) is 0.500. The number of rotatable bonds is 5. The van der Waals surface area contributed by atoms with Crippen LogP contribution in [0.2, 0.25) is 0 Å². The molecule has 0 amide bonds. The van der Waals surface area contributed by atoms with E-state index < -0.39 is 6.43 Å². The lowest BCUT2D eigenvalue weighted by Gasteiger charge is -2.22. The Hall–Kier alpha value is -1.79. The SMILES string of the molecule is CCCN(CC(F)F)c1ncnc2[nH]ncc12. The molecule has 0 saturated carbocycles. The number of nitrogens with one attached hydrogen (secondary N) is 1. The van der Waals surface area contributed by atoms with E-state index in [0.717, 1.165) is 6.42 Å². The van der Waals surface area contributed by atoms with Crippen molar-refractivity contribution in [2.24, 2.45) is 0 Å². The summed E-state index contributed by atoms with van der Waals surface area (Å²) in [6.45, 7) is 2.14. The van der Waals surface area contributed by atoms with Gasteiger partial charge in [-0.05, 0) is 6.42 Å². The van der Waals surface area contributed by atoms with Crippen LogP contribution in [0.15, 0.2) is 12.5 Å². The molecule has 0 atom stereocenters.